The smallest absolute Gasteiger partial charge is 0.220 e. The first kappa shape index (κ1) is 20.4. The zero-order chi connectivity index (χ0) is 21.4. The molecule has 1 aliphatic rings. The van der Waals surface area contributed by atoms with Crippen molar-refractivity contribution in [2.75, 3.05) is 24.5 Å². The van der Waals surface area contributed by atoms with Crippen LogP contribution in [0.25, 0.3) is 22.0 Å². The predicted octanol–water partition coefficient (Wildman–Crippen LogP) is 4.47. The van der Waals surface area contributed by atoms with Crippen molar-refractivity contribution in [1.82, 2.24) is 14.9 Å². The fourth-order valence-corrected chi connectivity index (χ4v) is 4.19. The molecular weight excluding hydrogens is 421 g/mol. The number of aromatic nitrogens is 2. The number of piperazine rings is 1. The van der Waals surface area contributed by atoms with Crippen LogP contribution in [0.5, 0.6) is 0 Å². The lowest BCUT2D eigenvalue weighted by molar-refractivity contribution is -0.130. The molecule has 1 unspecified atom stereocenters. The molecule has 2 heterocycles. The Morgan fingerprint density at radius 1 is 1.17 bits per heavy atom. The van der Waals surface area contributed by atoms with E-state index in [-0.39, 0.29) is 5.91 Å². The van der Waals surface area contributed by atoms with Crippen LogP contribution in [0.1, 0.15) is 12.7 Å². The van der Waals surface area contributed by atoms with E-state index in [1.54, 1.807) is 4.90 Å². The number of benzene rings is 2. The topological polar surface area (TPSA) is 73.1 Å². The Morgan fingerprint density at radius 2 is 1.90 bits per heavy atom. The quantitative estimate of drug-likeness (QED) is 0.588. The number of anilines is 1. The van der Waals surface area contributed by atoms with E-state index in [0.29, 0.717) is 35.5 Å². The third-order valence-corrected chi connectivity index (χ3v) is 5.83. The highest BCUT2D eigenvalue weighted by atomic mass is 35.5. The van der Waals surface area contributed by atoms with Crippen LogP contribution in [-0.4, -0.2) is 46.5 Å². The number of nitrogens with zero attached hydrogens (tertiary/aromatic N) is 5. The van der Waals surface area contributed by atoms with Crippen molar-refractivity contribution in [2.24, 2.45) is 0 Å². The Hall–Kier alpha value is -2.88. The monoisotopic (exact) mass is 439 g/mol. The fraction of sp³-hybridized carbons (Fsp3) is 0.273. The summed E-state index contributed by atoms with van der Waals surface area (Å²) in [6.45, 7) is 4.76. The summed E-state index contributed by atoms with van der Waals surface area (Å²) in [4.78, 5) is 24.7. The van der Waals surface area contributed by atoms with Crippen molar-refractivity contribution in [1.29, 1.82) is 5.26 Å². The van der Waals surface area contributed by atoms with Gasteiger partial charge in [0.1, 0.15) is 17.7 Å². The number of carbonyl (C=O) groups is 1. The molecule has 6 nitrogen and oxygen atoms in total. The summed E-state index contributed by atoms with van der Waals surface area (Å²) >= 11 is 12.6. The van der Waals surface area contributed by atoms with Crippen LogP contribution in [0.3, 0.4) is 0 Å². The van der Waals surface area contributed by atoms with Gasteiger partial charge in [0.2, 0.25) is 5.91 Å². The lowest BCUT2D eigenvalue weighted by atomic mass is 10.0. The Labute approximate surface area is 184 Å². The van der Waals surface area contributed by atoms with Gasteiger partial charge < -0.3 is 9.80 Å². The molecule has 0 N–H and O–H groups in total. The summed E-state index contributed by atoms with van der Waals surface area (Å²) in [6, 6.07) is 13.0. The van der Waals surface area contributed by atoms with Gasteiger partial charge in [0.25, 0.3) is 0 Å². The van der Waals surface area contributed by atoms with E-state index < -0.39 is 6.04 Å². The summed E-state index contributed by atoms with van der Waals surface area (Å²) in [5.74, 6) is 1.27. The van der Waals surface area contributed by atoms with Gasteiger partial charge in [-0.2, -0.15) is 5.26 Å². The van der Waals surface area contributed by atoms with E-state index in [1.807, 2.05) is 48.2 Å². The molecule has 1 aromatic heterocycles. The molecule has 1 fully saturated rings. The van der Waals surface area contributed by atoms with E-state index in [9.17, 15) is 10.1 Å². The molecule has 0 saturated carbocycles. The maximum Gasteiger partial charge on any atom is 0.220 e. The van der Waals surface area contributed by atoms with Gasteiger partial charge in [-0.3, -0.25) is 4.79 Å². The van der Waals surface area contributed by atoms with E-state index in [2.05, 4.69) is 16.0 Å². The maximum absolute atomic E-state index is 11.8. The minimum atomic E-state index is -0.524. The Kier molecular flexibility index (Phi) is 5.50. The van der Waals surface area contributed by atoms with Gasteiger partial charge in [-0.25, -0.2) is 9.97 Å². The SMILES string of the molecule is CC(=O)N1CCN(c2nc(C)nc3cc(Cl)c(-c4ccc(Cl)cc4)cc23)CC1C#N. The standard InChI is InChI=1S/C22H19Cl2N5O/c1-13-26-21-10-20(24)18(15-3-5-16(23)6-4-15)9-19(21)22(27-13)28-7-8-29(14(2)30)17(11-25)12-28/h3-6,9-10,17H,7-8,12H2,1-2H3. The molecule has 1 aliphatic heterocycles. The van der Waals surface area contributed by atoms with Crippen LogP contribution in [0.15, 0.2) is 36.4 Å². The summed E-state index contributed by atoms with van der Waals surface area (Å²) in [6.07, 6.45) is 0. The Morgan fingerprint density at radius 3 is 2.57 bits per heavy atom. The third kappa shape index (κ3) is 3.79. The highest BCUT2D eigenvalue weighted by Crippen LogP contribution is 2.36. The van der Waals surface area contributed by atoms with Crippen molar-refractivity contribution >= 4 is 45.8 Å². The molecule has 1 saturated heterocycles. The average Bonchev–Trinajstić information content (AvgIpc) is 2.72. The summed E-state index contributed by atoms with van der Waals surface area (Å²) in [5, 5.41) is 11.7. The minimum Gasteiger partial charge on any atom is -0.351 e. The van der Waals surface area contributed by atoms with Crippen LogP contribution in [0, 0.1) is 18.3 Å². The fourth-order valence-electron chi connectivity index (χ4n) is 3.80. The molecule has 30 heavy (non-hydrogen) atoms. The van der Waals surface area contributed by atoms with Gasteiger partial charge >= 0.3 is 0 Å². The second-order valence-corrected chi connectivity index (χ2v) is 8.10. The van der Waals surface area contributed by atoms with Crippen LogP contribution in [0.2, 0.25) is 10.0 Å². The maximum atomic E-state index is 11.8. The summed E-state index contributed by atoms with van der Waals surface area (Å²) in [5.41, 5.74) is 2.53. The van der Waals surface area contributed by atoms with Crippen LogP contribution >= 0.6 is 23.2 Å². The molecule has 1 atom stereocenters. The van der Waals surface area contributed by atoms with Gasteiger partial charge in [0.15, 0.2) is 0 Å². The van der Waals surface area contributed by atoms with Gasteiger partial charge in [0, 0.05) is 36.0 Å². The molecule has 152 valence electrons. The molecule has 0 spiro atoms. The number of aryl methyl sites for hydroxylation is 1. The van der Waals surface area contributed by atoms with Crippen molar-refractivity contribution in [3.05, 3.63) is 52.3 Å². The zero-order valence-electron chi connectivity index (χ0n) is 16.6. The first-order chi connectivity index (χ1) is 14.4. The summed E-state index contributed by atoms with van der Waals surface area (Å²) < 4.78 is 0. The van der Waals surface area contributed by atoms with Gasteiger partial charge in [-0.05, 0) is 36.8 Å². The molecular formula is C22H19Cl2N5O. The second kappa shape index (κ2) is 8.10. The van der Waals surface area contributed by atoms with Gasteiger partial charge in [-0.15, -0.1) is 0 Å². The molecule has 0 aliphatic carbocycles. The first-order valence-electron chi connectivity index (χ1n) is 9.53. The molecule has 8 heteroatoms. The molecule has 4 rings (SSSR count). The second-order valence-electron chi connectivity index (χ2n) is 7.25. The van der Waals surface area contributed by atoms with Gasteiger partial charge in [-0.1, -0.05) is 35.3 Å². The lowest BCUT2D eigenvalue weighted by Crippen LogP contribution is -2.54. The molecule has 3 aromatic rings. The molecule has 2 aromatic carbocycles. The molecule has 1 amide bonds. The Balaban J connectivity index is 1.82. The highest BCUT2D eigenvalue weighted by molar-refractivity contribution is 6.34. The highest BCUT2D eigenvalue weighted by Gasteiger charge is 2.30. The zero-order valence-corrected chi connectivity index (χ0v) is 18.1. The number of carbonyl (C=O) groups excluding carboxylic acids is 1. The molecule has 0 bridgehead atoms. The first-order valence-corrected chi connectivity index (χ1v) is 10.3. The molecule has 0 radical (unpaired) electrons. The number of hydrogen-bond donors (Lipinski definition) is 0. The van der Waals surface area contributed by atoms with Crippen molar-refractivity contribution in [3.8, 4) is 17.2 Å². The third-order valence-electron chi connectivity index (χ3n) is 5.26. The largest absolute Gasteiger partial charge is 0.351 e. The van der Waals surface area contributed by atoms with Crippen molar-refractivity contribution < 1.29 is 4.79 Å². The van der Waals surface area contributed by atoms with Gasteiger partial charge in [0.05, 0.1) is 23.2 Å². The number of nitriles is 1. The number of fused-ring (bicyclic) bond motifs is 1. The van der Waals surface area contributed by atoms with E-state index in [4.69, 9.17) is 23.2 Å². The predicted molar refractivity (Wildman–Crippen MR) is 119 cm³/mol. The van der Waals surface area contributed by atoms with Crippen LogP contribution in [0.4, 0.5) is 5.82 Å². The Bertz CT molecular complexity index is 1170. The number of amides is 1. The number of halogens is 2. The van der Waals surface area contributed by atoms with E-state index in [0.717, 1.165) is 27.8 Å². The van der Waals surface area contributed by atoms with Crippen LogP contribution < -0.4 is 4.90 Å². The van der Waals surface area contributed by atoms with Crippen molar-refractivity contribution in [2.45, 2.75) is 19.9 Å². The normalized spacial score (nSPS) is 16.6. The van der Waals surface area contributed by atoms with Crippen molar-refractivity contribution in [3.63, 3.8) is 0 Å². The number of rotatable bonds is 2. The number of hydrogen-bond acceptors (Lipinski definition) is 5. The average molecular weight is 440 g/mol. The minimum absolute atomic E-state index is 0.0956. The van der Waals surface area contributed by atoms with E-state index in [1.165, 1.54) is 6.92 Å². The summed E-state index contributed by atoms with van der Waals surface area (Å²) in [7, 11) is 0. The lowest BCUT2D eigenvalue weighted by Gasteiger charge is -2.38. The van der Waals surface area contributed by atoms with E-state index >= 15 is 0 Å². The van der Waals surface area contributed by atoms with Crippen LogP contribution in [-0.2, 0) is 4.79 Å².